The quantitative estimate of drug-likeness (QED) is 0.616. The van der Waals surface area contributed by atoms with Gasteiger partial charge in [0, 0.05) is 55.5 Å². The van der Waals surface area contributed by atoms with Crippen molar-refractivity contribution < 1.29 is 32.3 Å². The molecule has 2 N–H and O–H groups in total. The molecule has 1 aromatic carbocycles. The molecule has 3 amide bonds. The molecule has 1 saturated carbocycles. The van der Waals surface area contributed by atoms with Gasteiger partial charge in [0.25, 0.3) is 5.91 Å². The van der Waals surface area contributed by atoms with E-state index in [-0.39, 0.29) is 67.4 Å². The lowest BCUT2D eigenvalue weighted by Gasteiger charge is -2.37. The Morgan fingerprint density at radius 2 is 1.89 bits per heavy atom. The van der Waals surface area contributed by atoms with E-state index in [1.54, 1.807) is 12.1 Å². The van der Waals surface area contributed by atoms with E-state index in [9.17, 15) is 23.2 Å². The number of ether oxygens (including phenoxy) is 1. The maximum absolute atomic E-state index is 15.6. The lowest BCUT2D eigenvalue weighted by atomic mass is 9.89. The Balaban J connectivity index is 1.28. The third-order valence-electron chi connectivity index (χ3n) is 7.76. The molecule has 190 valence electrons. The number of amides is 3. The number of nitrogens with one attached hydrogen (secondary N) is 2. The van der Waals surface area contributed by atoms with E-state index < -0.39 is 29.6 Å². The van der Waals surface area contributed by atoms with Gasteiger partial charge in [-0.1, -0.05) is 6.07 Å². The van der Waals surface area contributed by atoms with Crippen LogP contribution >= 0.6 is 0 Å². The minimum absolute atomic E-state index is 0.00612. The number of imide groups is 1. The largest absolute Gasteiger partial charge is 0.376 e. The number of hydrogen-bond acceptors (Lipinski definition) is 5. The highest BCUT2D eigenvalue weighted by Crippen LogP contribution is 2.35. The fourth-order valence-corrected chi connectivity index (χ4v) is 5.77. The molecule has 0 aromatic heterocycles. The Morgan fingerprint density at radius 1 is 1.11 bits per heavy atom. The van der Waals surface area contributed by atoms with Crippen molar-refractivity contribution in [2.45, 2.75) is 94.5 Å². The summed E-state index contributed by atoms with van der Waals surface area (Å²) in [7, 11) is 0. The minimum Gasteiger partial charge on any atom is -0.376 e. The van der Waals surface area contributed by atoms with Gasteiger partial charge in [-0.2, -0.15) is 0 Å². The first-order chi connectivity index (χ1) is 16.7. The van der Waals surface area contributed by atoms with E-state index in [0.717, 1.165) is 12.8 Å². The molecule has 3 fully saturated rings. The molecule has 3 heterocycles. The number of carbonyl (C=O) groups excluding carboxylic acids is 3. The molecule has 1 aromatic rings. The summed E-state index contributed by atoms with van der Waals surface area (Å²) in [6.45, 7) is 0.531. The van der Waals surface area contributed by atoms with Gasteiger partial charge < -0.3 is 15.0 Å². The number of rotatable bonds is 5. The van der Waals surface area contributed by atoms with Crippen molar-refractivity contribution in [3.63, 3.8) is 0 Å². The van der Waals surface area contributed by atoms with Gasteiger partial charge in [-0.3, -0.25) is 19.7 Å². The smallest absolute Gasteiger partial charge is 0.255 e. The second kappa shape index (κ2) is 9.54. The van der Waals surface area contributed by atoms with Crippen LogP contribution in [0, 0.1) is 5.82 Å². The Labute approximate surface area is 201 Å². The van der Waals surface area contributed by atoms with Crippen LogP contribution in [0.2, 0.25) is 0 Å². The van der Waals surface area contributed by atoms with Gasteiger partial charge in [0.1, 0.15) is 11.9 Å². The highest BCUT2D eigenvalue weighted by molar-refractivity contribution is 6.05. The average Bonchev–Trinajstić information content (AvgIpc) is 3.15. The predicted octanol–water partition coefficient (Wildman–Crippen LogP) is 2.84. The minimum atomic E-state index is -2.59. The number of nitrogens with zero attached hydrogens (tertiary/aromatic N) is 1. The molecule has 0 bridgehead atoms. The lowest BCUT2D eigenvalue weighted by Crippen LogP contribution is -2.52. The Morgan fingerprint density at radius 3 is 2.63 bits per heavy atom. The molecule has 3 aliphatic heterocycles. The van der Waals surface area contributed by atoms with Crippen LogP contribution in [-0.2, 0) is 27.3 Å². The highest BCUT2D eigenvalue weighted by Gasteiger charge is 2.41. The molecule has 10 heteroatoms. The van der Waals surface area contributed by atoms with Crippen LogP contribution in [0.1, 0.15) is 72.9 Å². The van der Waals surface area contributed by atoms with Crippen LogP contribution in [0.5, 0.6) is 0 Å². The number of carbonyl (C=O) groups is 3. The van der Waals surface area contributed by atoms with Crippen molar-refractivity contribution in [3.05, 3.63) is 34.6 Å². The van der Waals surface area contributed by atoms with E-state index in [4.69, 9.17) is 4.74 Å². The van der Waals surface area contributed by atoms with Gasteiger partial charge >= 0.3 is 0 Å². The third-order valence-corrected chi connectivity index (χ3v) is 7.76. The standard InChI is InChI=1S/C25H30F3N3O4/c26-22-14(12-20-18(2-1-11-35-20)29-15-7-9-25(27,28)10-8-15)3-4-16-17(22)13-31(24(16)34)19-5-6-21(32)30-23(19)33/h3-4,15,18-20,29H,1-2,5-13H2,(H,30,32,33)/t18-,19?,20+/m0/s1. The molecule has 0 radical (unpaired) electrons. The molecular weight excluding hydrogens is 463 g/mol. The molecule has 1 aliphatic carbocycles. The molecule has 1 unspecified atom stereocenters. The molecule has 5 rings (SSSR count). The molecule has 2 saturated heterocycles. The van der Waals surface area contributed by atoms with Crippen LogP contribution < -0.4 is 10.6 Å². The van der Waals surface area contributed by atoms with Gasteiger partial charge in [-0.25, -0.2) is 13.2 Å². The van der Waals surface area contributed by atoms with Crippen LogP contribution in [0.25, 0.3) is 0 Å². The Hall–Kier alpha value is -2.46. The van der Waals surface area contributed by atoms with Crippen molar-refractivity contribution in [3.8, 4) is 0 Å². The summed E-state index contributed by atoms with van der Waals surface area (Å²) in [6.07, 6.45) is 2.58. The third kappa shape index (κ3) is 4.95. The van der Waals surface area contributed by atoms with Crippen LogP contribution in [0.4, 0.5) is 13.2 Å². The van der Waals surface area contributed by atoms with E-state index in [1.165, 1.54) is 4.90 Å². The van der Waals surface area contributed by atoms with Crippen molar-refractivity contribution in [1.29, 1.82) is 0 Å². The normalized spacial score (nSPS) is 29.3. The zero-order valence-corrected chi connectivity index (χ0v) is 19.5. The van der Waals surface area contributed by atoms with Gasteiger partial charge in [0.15, 0.2) is 0 Å². The van der Waals surface area contributed by atoms with Gasteiger partial charge in [-0.05, 0) is 43.7 Å². The number of benzene rings is 1. The maximum atomic E-state index is 15.6. The summed E-state index contributed by atoms with van der Waals surface area (Å²) in [4.78, 5) is 37.9. The molecular formula is C25H30F3N3O4. The summed E-state index contributed by atoms with van der Waals surface area (Å²) in [6, 6.07) is 2.32. The first-order valence-corrected chi connectivity index (χ1v) is 12.4. The van der Waals surface area contributed by atoms with Crippen molar-refractivity contribution in [2.75, 3.05) is 6.61 Å². The van der Waals surface area contributed by atoms with E-state index >= 15 is 4.39 Å². The summed E-state index contributed by atoms with van der Waals surface area (Å²) >= 11 is 0. The van der Waals surface area contributed by atoms with E-state index in [1.807, 2.05) is 0 Å². The molecule has 3 atom stereocenters. The van der Waals surface area contributed by atoms with Gasteiger partial charge in [0.05, 0.1) is 12.6 Å². The zero-order valence-electron chi connectivity index (χ0n) is 19.5. The Bertz CT molecular complexity index is 1020. The predicted molar refractivity (Wildman–Crippen MR) is 119 cm³/mol. The van der Waals surface area contributed by atoms with E-state index in [2.05, 4.69) is 10.6 Å². The molecule has 0 spiro atoms. The average molecular weight is 494 g/mol. The number of hydrogen-bond donors (Lipinski definition) is 2. The second-order valence-corrected chi connectivity index (χ2v) is 10.1. The van der Waals surface area contributed by atoms with Crippen LogP contribution in [0.15, 0.2) is 12.1 Å². The first kappa shape index (κ1) is 24.2. The second-order valence-electron chi connectivity index (χ2n) is 10.1. The topological polar surface area (TPSA) is 87.7 Å². The summed E-state index contributed by atoms with van der Waals surface area (Å²) in [5.41, 5.74) is 0.918. The molecule has 7 nitrogen and oxygen atoms in total. The first-order valence-electron chi connectivity index (χ1n) is 12.4. The van der Waals surface area contributed by atoms with Crippen molar-refractivity contribution in [1.82, 2.24) is 15.5 Å². The van der Waals surface area contributed by atoms with Crippen LogP contribution in [-0.4, -0.2) is 59.4 Å². The lowest BCUT2D eigenvalue weighted by molar-refractivity contribution is -0.136. The number of halogens is 3. The SMILES string of the molecule is O=C1CCC(N2Cc3c(ccc(C[C@H]4OCCC[C@@H]4NC4CCC(F)(F)CC4)c3F)C2=O)C(=O)N1. The highest BCUT2D eigenvalue weighted by atomic mass is 19.3. The number of piperidine rings is 1. The number of alkyl halides is 2. The molecule has 4 aliphatic rings. The maximum Gasteiger partial charge on any atom is 0.255 e. The Kier molecular flexibility index (Phi) is 6.61. The summed E-state index contributed by atoms with van der Waals surface area (Å²) in [5, 5.41) is 5.73. The fourth-order valence-electron chi connectivity index (χ4n) is 5.77. The van der Waals surface area contributed by atoms with Crippen molar-refractivity contribution >= 4 is 17.7 Å². The van der Waals surface area contributed by atoms with Crippen molar-refractivity contribution in [2.24, 2.45) is 0 Å². The molecule has 35 heavy (non-hydrogen) atoms. The van der Waals surface area contributed by atoms with Crippen LogP contribution in [0.3, 0.4) is 0 Å². The summed E-state index contributed by atoms with van der Waals surface area (Å²) < 4.78 is 48.6. The zero-order chi connectivity index (χ0) is 24.7. The fraction of sp³-hybridized carbons (Fsp3) is 0.640. The van der Waals surface area contributed by atoms with E-state index in [0.29, 0.717) is 31.4 Å². The summed E-state index contributed by atoms with van der Waals surface area (Å²) in [5.74, 6) is -4.39. The monoisotopic (exact) mass is 493 g/mol. The number of fused-ring (bicyclic) bond motifs is 1. The van der Waals surface area contributed by atoms with Gasteiger partial charge in [-0.15, -0.1) is 0 Å². The van der Waals surface area contributed by atoms with Gasteiger partial charge in [0.2, 0.25) is 17.7 Å².